The van der Waals surface area contributed by atoms with E-state index in [9.17, 15) is 4.79 Å². The van der Waals surface area contributed by atoms with Gasteiger partial charge in [-0.25, -0.2) is 0 Å². The molecule has 0 spiro atoms. The zero-order valence-corrected chi connectivity index (χ0v) is 7.10. The molecule has 0 bridgehead atoms. The van der Waals surface area contributed by atoms with Crippen LogP contribution in [0, 0.1) is 0 Å². The predicted octanol–water partition coefficient (Wildman–Crippen LogP) is 2.10. The first-order valence-electron chi connectivity index (χ1n) is 3.60. The van der Waals surface area contributed by atoms with E-state index in [2.05, 4.69) is 4.37 Å². The van der Waals surface area contributed by atoms with Crippen LogP contribution in [0.1, 0.15) is 0 Å². The molecule has 0 atom stereocenters. The van der Waals surface area contributed by atoms with Crippen LogP contribution < -0.4 is 4.74 Å². The Morgan fingerprint density at radius 2 is 1.92 bits per heavy atom. The SMILES string of the molecule is O=c1cc(-c2ccccc2)[nH]s1. The maximum atomic E-state index is 10.9. The summed E-state index contributed by atoms with van der Waals surface area (Å²) in [7, 11) is 0. The van der Waals surface area contributed by atoms with Crippen molar-refractivity contribution in [3.63, 3.8) is 0 Å². The summed E-state index contributed by atoms with van der Waals surface area (Å²) in [5.41, 5.74) is 1.95. The Morgan fingerprint density at radius 3 is 2.50 bits per heavy atom. The third-order valence-corrected chi connectivity index (χ3v) is 2.25. The molecule has 0 aliphatic carbocycles. The van der Waals surface area contributed by atoms with Gasteiger partial charge in [0, 0.05) is 6.07 Å². The van der Waals surface area contributed by atoms with E-state index in [1.807, 2.05) is 30.3 Å². The highest BCUT2D eigenvalue weighted by Crippen LogP contribution is 2.14. The maximum Gasteiger partial charge on any atom is 0.250 e. The molecule has 12 heavy (non-hydrogen) atoms. The number of benzene rings is 1. The summed E-state index contributed by atoms with van der Waals surface area (Å²) in [6.07, 6.45) is 0. The molecule has 1 aromatic heterocycles. The van der Waals surface area contributed by atoms with E-state index in [1.165, 1.54) is 0 Å². The number of aromatic nitrogens is 1. The number of hydrogen-bond acceptors (Lipinski definition) is 2. The van der Waals surface area contributed by atoms with E-state index in [0.717, 1.165) is 22.8 Å². The van der Waals surface area contributed by atoms with Crippen molar-refractivity contribution in [1.82, 2.24) is 4.37 Å². The third-order valence-electron chi connectivity index (χ3n) is 1.61. The standard InChI is InChI=1S/C9H7NOS/c11-9-6-8(10-12-9)7-4-2-1-3-5-7/h1-6,10H. The minimum atomic E-state index is 0.0638. The minimum absolute atomic E-state index is 0.0638. The molecule has 0 saturated heterocycles. The molecule has 0 saturated carbocycles. The van der Waals surface area contributed by atoms with Gasteiger partial charge in [-0.05, 0) is 17.1 Å². The summed E-state index contributed by atoms with van der Waals surface area (Å²) in [5.74, 6) is 0. The van der Waals surface area contributed by atoms with E-state index in [4.69, 9.17) is 0 Å². The van der Waals surface area contributed by atoms with Crippen molar-refractivity contribution >= 4 is 11.5 Å². The van der Waals surface area contributed by atoms with Gasteiger partial charge in [0.15, 0.2) is 0 Å². The highest BCUT2D eigenvalue weighted by molar-refractivity contribution is 7.03. The van der Waals surface area contributed by atoms with E-state index in [1.54, 1.807) is 6.07 Å². The summed E-state index contributed by atoms with van der Waals surface area (Å²) < 4.78 is 3.01. The van der Waals surface area contributed by atoms with Crippen LogP contribution in [-0.4, -0.2) is 4.37 Å². The third kappa shape index (κ3) is 1.31. The van der Waals surface area contributed by atoms with Crippen molar-refractivity contribution < 1.29 is 0 Å². The largest absolute Gasteiger partial charge is 0.307 e. The maximum absolute atomic E-state index is 10.9. The first kappa shape index (κ1) is 7.31. The van der Waals surface area contributed by atoms with Crippen LogP contribution in [0.15, 0.2) is 41.2 Å². The average Bonchev–Trinajstić information content (AvgIpc) is 2.54. The summed E-state index contributed by atoms with van der Waals surface area (Å²) in [4.78, 5) is 10.9. The molecule has 0 aliphatic heterocycles. The lowest BCUT2D eigenvalue weighted by molar-refractivity contribution is 1.52. The molecule has 2 aromatic rings. The fourth-order valence-corrected chi connectivity index (χ4v) is 1.61. The van der Waals surface area contributed by atoms with Crippen molar-refractivity contribution in [3.8, 4) is 11.3 Å². The topological polar surface area (TPSA) is 32.9 Å². The van der Waals surface area contributed by atoms with Gasteiger partial charge in [0.25, 0.3) is 0 Å². The number of H-pyrrole nitrogens is 1. The van der Waals surface area contributed by atoms with Crippen molar-refractivity contribution in [2.24, 2.45) is 0 Å². The first-order valence-corrected chi connectivity index (χ1v) is 4.42. The normalized spacial score (nSPS) is 10.0. The highest BCUT2D eigenvalue weighted by Gasteiger charge is 1.97. The number of nitrogens with one attached hydrogen (secondary N) is 1. The number of hydrogen-bond donors (Lipinski definition) is 1. The Hall–Kier alpha value is -1.35. The first-order chi connectivity index (χ1) is 5.86. The van der Waals surface area contributed by atoms with Crippen molar-refractivity contribution in [3.05, 3.63) is 45.9 Å². The van der Waals surface area contributed by atoms with Crippen molar-refractivity contribution in [2.75, 3.05) is 0 Å². The van der Waals surface area contributed by atoms with Crippen LogP contribution in [0.3, 0.4) is 0 Å². The molecule has 2 nitrogen and oxygen atoms in total. The lowest BCUT2D eigenvalue weighted by atomic mass is 10.2. The molecule has 3 heteroatoms. The van der Waals surface area contributed by atoms with Gasteiger partial charge in [0.2, 0.25) is 4.74 Å². The number of aromatic amines is 1. The molecule has 1 heterocycles. The molecule has 1 N–H and O–H groups in total. The summed E-state index contributed by atoms with van der Waals surface area (Å²) in [5, 5.41) is 0. The minimum Gasteiger partial charge on any atom is -0.307 e. The molecule has 1 aromatic carbocycles. The monoisotopic (exact) mass is 177 g/mol. The number of rotatable bonds is 1. The van der Waals surface area contributed by atoms with E-state index in [0.29, 0.717) is 0 Å². The molecule has 60 valence electrons. The quantitative estimate of drug-likeness (QED) is 0.711. The summed E-state index contributed by atoms with van der Waals surface area (Å²) >= 11 is 1.12. The average molecular weight is 177 g/mol. The second-order valence-corrected chi connectivity index (χ2v) is 3.26. The second-order valence-electron chi connectivity index (χ2n) is 2.45. The predicted molar refractivity (Wildman–Crippen MR) is 50.4 cm³/mol. The Labute approximate surface area is 73.7 Å². The zero-order valence-electron chi connectivity index (χ0n) is 6.28. The Balaban J connectivity index is 2.51. The molecule has 0 unspecified atom stereocenters. The Kier molecular flexibility index (Phi) is 1.80. The van der Waals surface area contributed by atoms with Gasteiger partial charge in [-0.15, -0.1) is 0 Å². The van der Waals surface area contributed by atoms with Gasteiger partial charge in [-0.1, -0.05) is 30.3 Å². The fraction of sp³-hybridized carbons (Fsp3) is 0. The smallest absolute Gasteiger partial charge is 0.250 e. The molecular weight excluding hydrogens is 170 g/mol. The Bertz CT molecular complexity index is 415. The molecular formula is C9H7NOS. The molecule has 2 rings (SSSR count). The van der Waals surface area contributed by atoms with Crippen LogP contribution in [-0.2, 0) is 0 Å². The van der Waals surface area contributed by atoms with Crippen LogP contribution in [0.25, 0.3) is 11.3 Å². The Morgan fingerprint density at radius 1 is 1.17 bits per heavy atom. The van der Waals surface area contributed by atoms with E-state index >= 15 is 0 Å². The van der Waals surface area contributed by atoms with Crippen LogP contribution >= 0.6 is 11.5 Å². The van der Waals surface area contributed by atoms with E-state index in [-0.39, 0.29) is 4.74 Å². The van der Waals surface area contributed by atoms with Gasteiger partial charge >= 0.3 is 0 Å². The van der Waals surface area contributed by atoms with Gasteiger partial charge in [0.05, 0.1) is 5.69 Å². The highest BCUT2D eigenvalue weighted by atomic mass is 32.1. The zero-order chi connectivity index (χ0) is 8.39. The van der Waals surface area contributed by atoms with Crippen LogP contribution in [0.5, 0.6) is 0 Å². The van der Waals surface area contributed by atoms with E-state index < -0.39 is 0 Å². The van der Waals surface area contributed by atoms with Crippen molar-refractivity contribution in [1.29, 1.82) is 0 Å². The summed E-state index contributed by atoms with van der Waals surface area (Å²) in [6.45, 7) is 0. The van der Waals surface area contributed by atoms with Gasteiger partial charge < -0.3 is 4.37 Å². The fourth-order valence-electron chi connectivity index (χ4n) is 1.04. The molecule has 0 aliphatic rings. The van der Waals surface area contributed by atoms with Crippen LogP contribution in [0.4, 0.5) is 0 Å². The van der Waals surface area contributed by atoms with Crippen molar-refractivity contribution in [2.45, 2.75) is 0 Å². The second kappa shape index (κ2) is 2.95. The lowest BCUT2D eigenvalue weighted by Gasteiger charge is -1.93. The summed E-state index contributed by atoms with van der Waals surface area (Å²) in [6, 6.07) is 11.4. The lowest BCUT2D eigenvalue weighted by Crippen LogP contribution is -1.81. The van der Waals surface area contributed by atoms with Gasteiger partial charge in [-0.3, -0.25) is 4.79 Å². The molecule has 0 amide bonds. The van der Waals surface area contributed by atoms with Gasteiger partial charge in [-0.2, -0.15) is 0 Å². The van der Waals surface area contributed by atoms with Crippen LogP contribution in [0.2, 0.25) is 0 Å². The molecule has 0 fully saturated rings. The molecule has 0 radical (unpaired) electrons. The van der Waals surface area contributed by atoms with Gasteiger partial charge in [0.1, 0.15) is 0 Å².